The molecule has 1 aromatic carbocycles. The Kier molecular flexibility index (Phi) is 5.56. The lowest BCUT2D eigenvalue weighted by Gasteiger charge is -2.21. The molecule has 1 heterocycles. The Labute approximate surface area is 131 Å². The quantitative estimate of drug-likeness (QED) is 0.670. The Morgan fingerprint density at radius 1 is 1.36 bits per heavy atom. The minimum Gasteiger partial charge on any atom is -0.336 e. The van der Waals surface area contributed by atoms with Gasteiger partial charge in [-0.25, -0.2) is 0 Å². The van der Waals surface area contributed by atoms with Gasteiger partial charge < -0.3 is 15.1 Å². The monoisotopic (exact) mass is 299 g/mol. The summed E-state index contributed by atoms with van der Waals surface area (Å²) in [6.45, 7) is 3.51. The number of terminal acetylenes is 1. The van der Waals surface area contributed by atoms with Gasteiger partial charge in [0, 0.05) is 31.4 Å². The molecule has 1 aliphatic heterocycles. The van der Waals surface area contributed by atoms with Crippen molar-refractivity contribution in [3.8, 4) is 12.3 Å². The number of anilines is 1. The van der Waals surface area contributed by atoms with E-state index in [-0.39, 0.29) is 0 Å². The van der Waals surface area contributed by atoms with Crippen molar-refractivity contribution in [3.63, 3.8) is 0 Å². The normalized spacial score (nSPS) is 14.4. The van der Waals surface area contributed by atoms with E-state index in [2.05, 4.69) is 16.1 Å². The van der Waals surface area contributed by atoms with Crippen molar-refractivity contribution in [3.05, 3.63) is 29.8 Å². The van der Waals surface area contributed by atoms with Gasteiger partial charge in [-0.2, -0.15) is 0 Å². The summed E-state index contributed by atoms with van der Waals surface area (Å²) in [5.74, 6) is 1.31. The van der Waals surface area contributed by atoms with Crippen LogP contribution >= 0.6 is 0 Å². The van der Waals surface area contributed by atoms with Crippen molar-refractivity contribution in [2.24, 2.45) is 0 Å². The number of benzene rings is 1. The van der Waals surface area contributed by atoms with Gasteiger partial charge in [-0.05, 0) is 44.1 Å². The highest BCUT2D eigenvalue weighted by Gasteiger charge is 2.20. The van der Waals surface area contributed by atoms with Gasteiger partial charge in [0.2, 0.25) is 0 Å². The molecular formula is C17H21N3O2. The molecule has 0 saturated carbocycles. The fourth-order valence-corrected chi connectivity index (χ4v) is 2.44. The van der Waals surface area contributed by atoms with Crippen LogP contribution < -0.4 is 5.32 Å². The Balaban J connectivity index is 1.85. The molecule has 0 aliphatic carbocycles. The molecule has 22 heavy (non-hydrogen) atoms. The fraction of sp³-hybridized carbons (Fsp3) is 0.412. The standard InChI is InChI=1S/C17H21N3O2/c1-3-14-7-6-8-15(13-14)18-16(21)17(22)19(2)11-12-20-9-4-5-10-20/h1,6-8,13H,4-5,9-12H2,2H3,(H,18,21). The molecule has 0 atom stereocenters. The van der Waals surface area contributed by atoms with Crippen LogP contribution in [0.5, 0.6) is 0 Å². The second-order valence-corrected chi connectivity index (χ2v) is 5.45. The van der Waals surface area contributed by atoms with Crippen LogP contribution in [0.3, 0.4) is 0 Å². The lowest BCUT2D eigenvalue weighted by Crippen LogP contribution is -2.41. The van der Waals surface area contributed by atoms with E-state index >= 15 is 0 Å². The first-order chi connectivity index (χ1) is 10.6. The maximum atomic E-state index is 12.1. The molecule has 2 amide bonds. The zero-order chi connectivity index (χ0) is 15.9. The molecule has 0 spiro atoms. The van der Waals surface area contributed by atoms with Crippen LogP contribution in [0.15, 0.2) is 24.3 Å². The Bertz CT molecular complexity index is 586. The van der Waals surface area contributed by atoms with E-state index in [1.165, 1.54) is 17.7 Å². The second kappa shape index (κ2) is 7.62. The summed E-state index contributed by atoms with van der Waals surface area (Å²) in [5.41, 5.74) is 1.19. The van der Waals surface area contributed by atoms with Crippen LogP contribution in [0.25, 0.3) is 0 Å². The maximum absolute atomic E-state index is 12.1. The lowest BCUT2D eigenvalue weighted by molar-refractivity contribution is -0.142. The van der Waals surface area contributed by atoms with Gasteiger partial charge in [-0.3, -0.25) is 9.59 Å². The number of carbonyl (C=O) groups excluding carboxylic acids is 2. The summed E-state index contributed by atoms with van der Waals surface area (Å²) >= 11 is 0. The summed E-state index contributed by atoms with van der Waals surface area (Å²) in [4.78, 5) is 27.8. The zero-order valence-corrected chi connectivity index (χ0v) is 12.8. The van der Waals surface area contributed by atoms with E-state index in [0.717, 1.165) is 19.6 Å². The molecule has 0 bridgehead atoms. The third kappa shape index (κ3) is 4.34. The lowest BCUT2D eigenvalue weighted by atomic mass is 10.2. The molecule has 0 unspecified atom stereocenters. The molecule has 5 heteroatoms. The molecule has 1 saturated heterocycles. The highest BCUT2D eigenvalue weighted by Crippen LogP contribution is 2.10. The maximum Gasteiger partial charge on any atom is 0.313 e. The number of carbonyl (C=O) groups is 2. The Hall–Kier alpha value is -2.32. The molecule has 0 aromatic heterocycles. The Morgan fingerprint density at radius 3 is 2.77 bits per heavy atom. The van der Waals surface area contributed by atoms with Gasteiger partial charge in [0.15, 0.2) is 0 Å². The van der Waals surface area contributed by atoms with E-state index < -0.39 is 11.8 Å². The molecular weight excluding hydrogens is 278 g/mol. The van der Waals surface area contributed by atoms with Crippen LogP contribution in [0.4, 0.5) is 5.69 Å². The molecule has 1 aromatic rings. The summed E-state index contributed by atoms with van der Waals surface area (Å²) in [7, 11) is 1.65. The first-order valence-corrected chi connectivity index (χ1v) is 7.45. The summed E-state index contributed by atoms with van der Waals surface area (Å²) in [6.07, 6.45) is 7.74. The summed E-state index contributed by atoms with van der Waals surface area (Å²) in [5, 5.41) is 2.59. The summed E-state index contributed by atoms with van der Waals surface area (Å²) in [6, 6.07) is 6.87. The van der Waals surface area contributed by atoms with Gasteiger partial charge in [0.25, 0.3) is 0 Å². The molecule has 116 valence electrons. The van der Waals surface area contributed by atoms with Crippen LogP contribution in [0.2, 0.25) is 0 Å². The van der Waals surface area contributed by atoms with Crippen molar-refractivity contribution in [1.82, 2.24) is 9.80 Å². The van der Waals surface area contributed by atoms with Crippen molar-refractivity contribution in [1.29, 1.82) is 0 Å². The van der Waals surface area contributed by atoms with Crippen LogP contribution in [0, 0.1) is 12.3 Å². The van der Waals surface area contributed by atoms with E-state index in [9.17, 15) is 9.59 Å². The van der Waals surface area contributed by atoms with Crippen LogP contribution in [-0.2, 0) is 9.59 Å². The van der Waals surface area contributed by atoms with Gasteiger partial charge in [-0.1, -0.05) is 12.0 Å². The average Bonchev–Trinajstić information content (AvgIpc) is 3.05. The van der Waals surface area contributed by atoms with Crippen LogP contribution in [-0.4, -0.2) is 54.8 Å². The minimum absolute atomic E-state index is 0.529. The van der Waals surface area contributed by atoms with E-state index in [1.54, 1.807) is 31.3 Å². The van der Waals surface area contributed by atoms with Crippen molar-refractivity contribution in [2.75, 3.05) is 38.5 Å². The van der Waals surface area contributed by atoms with Gasteiger partial charge >= 0.3 is 11.8 Å². The topological polar surface area (TPSA) is 52.7 Å². The van der Waals surface area contributed by atoms with Crippen molar-refractivity contribution >= 4 is 17.5 Å². The van der Waals surface area contributed by atoms with Crippen LogP contribution in [0.1, 0.15) is 18.4 Å². The number of rotatable bonds is 4. The first kappa shape index (κ1) is 16.1. The molecule has 1 aliphatic rings. The number of likely N-dealkylation sites (N-methyl/N-ethyl adjacent to an activating group) is 1. The SMILES string of the molecule is C#Cc1cccc(NC(=O)C(=O)N(C)CCN2CCCC2)c1. The van der Waals surface area contributed by atoms with Crippen molar-refractivity contribution in [2.45, 2.75) is 12.8 Å². The number of hydrogen-bond donors (Lipinski definition) is 1. The molecule has 1 N–H and O–H groups in total. The largest absolute Gasteiger partial charge is 0.336 e. The average molecular weight is 299 g/mol. The third-order valence-electron chi connectivity index (χ3n) is 3.78. The molecule has 1 fully saturated rings. The highest BCUT2D eigenvalue weighted by atomic mass is 16.2. The fourth-order valence-electron chi connectivity index (χ4n) is 2.44. The number of hydrogen-bond acceptors (Lipinski definition) is 3. The van der Waals surface area contributed by atoms with Gasteiger partial charge in [0.05, 0.1) is 0 Å². The zero-order valence-electron chi connectivity index (χ0n) is 12.8. The number of amides is 2. The first-order valence-electron chi connectivity index (χ1n) is 7.45. The van der Waals surface area contributed by atoms with Gasteiger partial charge in [0.1, 0.15) is 0 Å². The highest BCUT2D eigenvalue weighted by molar-refractivity contribution is 6.39. The van der Waals surface area contributed by atoms with Gasteiger partial charge in [-0.15, -0.1) is 6.42 Å². The number of nitrogens with zero attached hydrogens (tertiary/aromatic N) is 2. The predicted molar refractivity (Wildman–Crippen MR) is 86.3 cm³/mol. The third-order valence-corrected chi connectivity index (χ3v) is 3.78. The minimum atomic E-state index is -0.641. The smallest absolute Gasteiger partial charge is 0.313 e. The predicted octanol–water partition coefficient (Wildman–Crippen LogP) is 1.16. The molecule has 5 nitrogen and oxygen atoms in total. The van der Waals surface area contributed by atoms with E-state index in [4.69, 9.17) is 6.42 Å². The molecule has 2 rings (SSSR count). The Morgan fingerprint density at radius 2 is 2.09 bits per heavy atom. The second-order valence-electron chi connectivity index (χ2n) is 5.45. The molecule has 0 radical (unpaired) electrons. The number of nitrogens with one attached hydrogen (secondary N) is 1. The van der Waals surface area contributed by atoms with Crippen molar-refractivity contribution < 1.29 is 9.59 Å². The van der Waals surface area contributed by atoms with E-state index in [0.29, 0.717) is 17.8 Å². The van der Waals surface area contributed by atoms with E-state index in [1.807, 2.05) is 0 Å². The summed E-state index contributed by atoms with van der Waals surface area (Å²) < 4.78 is 0. The number of likely N-dealkylation sites (tertiary alicyclic amines) is 1.